The second kappa shape index (κ2) is 4.18. The van der Waals surface area contributed by atoms with Crippen molar-refractivity contribution in [3.8, 4) is 0 Å². The van der Waals surface area contributed by atoms with Gasteiger partial charge in [-0.1, -0.05) is 5.16 Å². The molecule has 1 amide bonds. The summed E-state index contributed by atoms with van der Waals surface area (Å²) in [6.07, 6.45) is 1.40. The molecule has 6 heteroatoms. The molecule has 0 unspecified atom stereocenters. The third-order valence-electron chi connectivity index (χ3n) is 3.46. The fraction of sp³-hybridized carbons (Fsp3) is 0.818. The van der Waals surface area contributed by atoms with E-state index in [2.05, 4.69) is 5.16 Å². The standard InChI is InChI=1S/C11H19N3O3/c1-7-5-14(6-8(2)17-7)10(15)11(3-4-11)9(12)13-16/h7-8,16H,3-6H2,1-2H3,(H2,12,13)/t7-,8+. The molecule has 0 aromatic carbocycles. The minimum absolute atomic E-state index is 0.0326. The molecule has 2 atom stereocenters. The van der Waals surface area contributed by atoms with Crippen LogP contribution in [-0.2, 0) is 9.53 Å². The molecular formula is C11H19N3O3. The highest BCUT2D eigenvalue weighted by molar-refractivity contribution is 6.09. The van der Waals surface area contributed by atoms with Crippen LogP contribution in [0.2, 0.25) is 0 Å². The summed E-state index contributed by atoms with van der Waals surface area (Å²) in [5.74, 6) is 0.00379. The monoisotopic (exact) mass is 241 g/mol. The second-order valence-corrected chi connectivity index (χ2v) is 5.03. The van der Waals surface area contributed by atoms with Crippen LogP contribution in [0.1, 0.15) is 26.7 Å². The van der Waals surface area contributed by atoms with E-state index in [-0.39, 0.29) is 24.0 Å². The van der Waals surface area contributed by atoms with Gasteiger partial charge in [0, 0.05) is 13.1 Å². The number of hydrogen-bond acceptors (Lipinski definition) is 4. The summed E-state index contributed by atoms with van der Waals surface area (Å²) >= 11 is 0. The van der Waals surface area contributed by atoms with E-state index in [0.717, 1.165) is 0 Å². The Bertz CT molecular complexity index is 342. The quantitative estimate of drug-likeness (QED) is 0.312. The molecule has 0 spiro atoms. The van der Waals surface area contributed by atoms with Crippen molar-refractivity contribution in [1.29, 1.82) is 0 Å². The van der Waals surface area contributed by atoms with Gasteiger partial charge in [-0.25, -0.2) is 0 Å². The Morgan fingerprint density at radius 3 is 2.35 bits per heavy atom. The van der Waals surface area contributed by atoms with Crippen molar-refractivity contribution in [2.24, 2.45) is 16.3 Å². The number of carbonyl (C=O) groups is 1. The molecule has 2 rings (SSSR count). The Hall–Kier alpha value is -1.30. The zero-order valence-electron chi connectivity index (χ0n) is 10.2. The van der Waals surface area contributed by atoms with Crippen LogP contribution in [-0.4, -0.2) is 47.1 Å². The van der Waals surface area contributed by atoms with Gasteiger partial charge in [0.05, 0.1) is 12.2 Å². The zero-order valence-corrected chi connectivity index (χ0v) is 10.2. The first-order valence-electron chi connectivity index (χ1n) is 5.92. The maximum absolute atomic E-state index is 12.4. The lowest BCUT2D eigenvalue weighted by molar-refractivity contribution is -0.146. The topological polar surface area (TPSA) is 88.2 Å². The number of rotatable bonds is 2. The van der Waals surface area contributed by atoms with E-state index in [1.54, 1.807) is 4.90 Å². The first kappa shape index (κ1) is 12.2. The van der Waals surface area contributed by atoms with Crippen LogP contribution in [0.4, 0.5) is 0 Å². The predicted molar refractivity (Wildman–Crippen MR) is 61.7 cm³/mol. The van der Waals surface area contributed by atoms with Crippen molar-refractivity contribution in [1.82, 2.24) is 4.90 Å². The molecule has 2 fully saturated rings. The Kier molecular flexibility index (Phi) is 2.99. The van der Waals surface area contributed by atoms with Crippen molar-refractivity contribution in [2.75, 3.05) is 13.1 Å². The number of oxime groups is 1. The van der Waals surface area contributed by atoms with E-state index in [4.69, 9.17) is 15.7 Å². The van der Waals surface area contributed by atoms with Gasteiger partial charge in [0.15, 0.2) is 5.84 Å². The molecule has 0 aromatic heterocycles. The minimum atomic E-state index is -0.745. The summed E-state index contributed by atoms with van der Waals surface area (Å²) in [6, 6.07) is 0. The highest BCUT2D eigenvalue weighted by Gasteiger charge is 2.56. The minimum Gasteiger partial charge on any atom is -0.409 e. The molecule has 1 heterocycles. The van der Waals surface area contributed by atoms with Gasteiger partial charge in [0.1, 0.15) is 5.41 Å². The third kappa shape index (κ3) is 2.09. The van der Waals surface area contributed by atoms with Crippen molar-refractivity contribution in [2.45, 2.75) is 38.9 Å². The SMILES string of the molecule is C[C@@H]1CN(C(=O)C2(C(N)=NO)CC2)C[C@H](C)O1. The Morgan fingerprint density at radius 1 is 1.41 bits per heavy atom. The predicted octanol–water partition coefficient (Wildman–Crippen LogP) is 0.149. The molecule has 0 bridgehead atoms. The van der Waals surface area contributed by atoms with Gasteiger partial charge >= 0.3 is 0 Å². The maximum atomic E-state index is 12.4. The summed E-state index contributed by atoms with van der Waals surface area (Å²) in [4.78, 5) is 14.1. The molecule has 96 valence electrons. The number of amides is 1. The van der Waals surface area contributed by atoms with E-state index in [0.29, 0.717) is 25.9 Å². The number of nitrogens with two attached hydrogens (primary N) is 1. The molecule has 1 aliphatic carbocycles. The molecule has 2 aliphatic rings. The summed E-state index contributed by atoms with van der Waals surface area (Å²) in [5.41, 5.74) is 4.87. The average molecular weight is 241 g/mol. The van der Waals surface area contributed by atoms with Crippen molar-refractivity contribution < 1.29 is 14.7 Å². The van der Waals surface area contributed by atoms with E-state index >= 15 is 0 Å². The fourth-order valence-corrected chi connectivity index (χ4v) is 2.45. The third-order valence-corrected chi connectivity index (χ3v) is 3.46. The number of ether oxygens (including phenoxy) is 1. The first-order chi connectivity index (χ1) is 7.99. The molecule has 1 saturated carbocycles. The molecule has 1 aliphatic heterocycles. The first-order valence-corrected chi connectivity index (χ1v) is 5.92. The van der Waals surface area contributed by atoms with E-state index < -0.39 is 5.41 Å². The van der Waals surface area contributed by atoms with Gasteiger partial charge in [-0.05, 0) is 26.7 Å². The normalized spacial score (nSPS) is 32.4. The number of morpholine rings is 1. The van der Waals surface area contributed by atoms with Gasteiger partial charge in [-0.3, -0.25) is 4.79 Å². The largest absolute Gasteiger partial charge is 0.409 e. The van der Waals surface area contributed by atoms with E-state index in [9.17, 15) is 4.79 Å². The molecule has 3 N–H and O–H groups in total. The summed E-state index contributed by atoms with van der Waals surface area (Å²) < 4.78 is 5.58. The lowest BCUT2D eigenvalue weighted by Crippen LogP contribution is -2.52. The van der Waals surface area contributed by atoms with Gasteiger partial charge < -0.3 is 20.6 Å². The highest BCUT2D eigenvalue weighted by atomic mass is 16.5. The van der Waals surface area contributed by atoms with Crippen LogP contribution in [0.25, 0.3) is 0 Å². The molecule has 17 heavy (non-hydrogen) atoms. The van der Waals surface area contributed by atoms with Crippen molar-refractivity contribution in [3.05, 3.63) is 0 Å². The van der Waals surface area contributed by atoms with Crippen LogP contribution >= 0.6 is 0 Å². The number of carbonyl (C=O) groups excluding carboxylic acids is 1. The molecular weight excluding hydrogens is 222 g/mol. The van der Waals surface area contributed by atoms with Gasteiger partial charge in [0.25, 0.3) is 0 Å². The van der Waals surface area contributed by atoms with Crippen LogP contribution in [0, 0.1) is 5.41 Å². The lowest BCUT2D eigenvalue weighted by atomic mass is 10.0. The van der Waals surface area contributed by atoms with Crippen LogP contribution in [0.15, 0.2) is 5.16 Å². The number of nitrogens with zero attached hydrogens (tertiary/aromatic N) is 2. The van der Waals surface area contributed by atoms with Gasteiger partial charge in [0.2, 0.25) is 5.91 Å². The average Bonchev–Trinajstić information content (AvgIpc) is 3.07. The highest BCUT2D eigenvalue weighted by Crippen LogP contribution is 2.47. The zero-order chi connectivity index (χ0) is 12.6. The summed E-state index contributed by atoms with van der Waals surface area (Å²) in [5, 5.41) is 11.7. The lowest BCUT2D eigenvalue weighted by Gasteiger charge is -2.37. The van der Waals surface area contributed by atoms with Crippen LogP contribution in [0.5, 0.6) is 0 Å². The van der Waals surface area contributed by atoms with Gasteiger partial charge in [-0.2, -0.15) is 0 Å². The Morgan fingerprint density at radius 2 is 1.94 bits per heavy atom. The Balaban J connectivity index is 2.10. The summed E-state index contributed by atoms with van der Waals surface area (Å²) in [7, 11) is 0. The fourth-order valence-electron chi connectivity index (χ4n) is 2.45. The van der Waals surface area contributed by atoms with Gasteiger partial charge in [-0.15, -0.1) is 0 Å². The van der Waals surface area contributed by atoms with Crippen LogP contribution in [0.3, 0.4) is 0 Å². The Labute approximate surface area is 100 Å². The van der Waals surface area contributed by atoms with Crippen LogP contribution < -0.4 is 5.73 Å². The number of hydrogen-bond donors (Lipinski definition) is 2. The molecule has 0 aromatic rings. The van der Waals surface area contributed by atoms with E-state index in [1.807, 2.05) is 13.8 Å². The van der Waals surface area contributed by atoms with Crippen molar-refractivity contribution in [3.63, 3.8) is 0 Å². The van der Waals surface area contributed by atoms with Crippen molar-refractivity contribution >= 4 is 11.7 Å². The smallest absolute Gasteiger partial charge is 0.236 e. The molecule has 6 nitrogen and oxygen atoms in total. The second-order valence-electron chi connectivity index (χ2n) is 5.03. The molecule has 0 radical (unpaired) electrons. The number of amidine groups is 1. The maximum Gasteiger partial charge on any atom is 0.236 e. The summed E-state index contributed by atoms with van der Waals surface area (Å²) in [6.45, 7) is 5.03. The molecule has 1 saturated heterocycles. The van der Waals surface area contributed by atoms with E-state index in [1.165, 1.54) is 0 Å².